The summed E-state index contributed by atoms with van der Waals surface area (Å²) in [6.45, 7) is 4.65. The molecule has 0 spiro atoms. The van der Waals surface area contributed by atoms with Crippen LogP contribution in [-0.4, -0.2) is 72.5 Å². The Morgan fingerprint density at radius 2 is 1.96 bits per heavy atom. The largest absolute Gasteiger partial charge is 0.476 e. The smallest absolute Gasteiger partial charge is 0.339 e. The van der Waals surface area contributed by atoms with E-state index in [-0.39, 0.29) is 0 Å². The molecule has 8 nitrogen and oxygen atoms in total. The van der Waals surface area contributed by atoms with Gasteiger partial charge in [-0.25, -0.2) is 9.78 Å². The molecule has 0 atom stereocenters. The zero-order valence-electron chi connectivity index (χ0n) is 14.8. The fourth-order valence-corrected chi connectivity index (χ4v) is 3.11. The number of nitrogens with zero attached hydrogens (tertiary/aromatic N) is 5. The Hall–Kier alpha value is -2.16. The van der Waals surface area contributed by atoms with E-state index in [4.69, 9.17) is 27.9 Å². The SMILES string of the molecule is COC(=O)c1ccc(OCCN2CCN(c3cc(Cl)nnc3Cl)CC2)nc1. The van der Waals surface area contributed by atoms with E-state index in [1.54, 1.807) is 18.2 Å². The number of aromatic nitrogens is 3. The normalized spacial score (nSPS) is 14.9. The topological polar surface area (TPSA) is 80.7 Å². The number of rotatable bonds is 6. The van der Waals surface area contributed by atoms with Crippen LogP contribution in [0.3, 0.4) is 0 Å². The molecule has 3 rings (SSSR count). The van der Waals surface area contributed by atoms with Gasteiger partial charge in [0.25, 0.3) is 0 Å². The molecule has 0 aromatic carbocycles. The average Bonchev–Trinajstić information content (AvgIpc) is 2.70. The van der Waals surface area contributed by atoms with E-state index in [1.807, 2.05) is 0 Å². The van der Waals surface area contributed by atoms with Crippen molar-refractivity contribution in [2.45, 2.75) is 0 Å². The molecule has 1 fully saturated rings. The Bertz CT molecular complexity index is 783. The molecule has 3 heterocycles. The predicted octanol–water partition coefficient (Wildman–Crippen LogP) is 2.17. The third-order valence-electron chi connectivity index (χ3n) is 4.23. The zero-order valence-corrected chi connectivity index (χ0v) is 16.3. The molecule has 0 N–H and O–H groups in total. The number of ether oxygens (including phenoxy) is 2. The molecular weight excluding hydrogens is 393 g/mol. The van der Waals surface area contributed by atoms with Crippen molar-refractivity contribution in [2.24, 2.45) is 0 Å². The van der Waals surface area contributed by atoms with Gasteiger partial charge in [0.1, 0.15) is 6.61 Å². The first-order valence-electron chi connectivity index (χ1n) is 8.40. The second-order valence-corrected chi connectivity index (χ2v) is 6.64. The predicted molar refractivity (Wildman–Crippen MR) is 102 cm³/mol. The number of hydrogen-bond acceptors (Lipinski definition) is 8. The van der Waals surface area contributed by atoms with Crippen LogP contribution in [-0.2, 0) is 4.74 Å². The minimum absolute atomic E-state index is 0.330. The summed E-state index contributed by atoms with van der Waals surface area (Å²) in [7, 11) is 1.33. The van der Waals surface area contributed by atoms with Gasteiger partial charge in [0.05, 0.1) is 18.4 Å². The van der Waals surface area contributed by atoms with E-state index in [9.17, 15) is 4.79 Å². The molecule has 1 aliphatic heterocycles. The average molecular weight is 412 g/mol. The highest BCUT2D eigenvalue weighted by Gasteiger charge is 2.20. The van der Waals surface area contributed by atoms with Crippen LogP contribution in [0, 0.1) is 0 Å². The van der Waals surface area contributed by atoms with Crippen molar-refractivity contribution in [1.29, 1.82) is 0 Å². The number of methoxy groups -OCH3 is 1. The monoisotopic (exact) mass is 411 g/mol. The number of carbonyl (C=O) groups is 1. The first kappa shape index (κ1) is 19.6. The van der Waals surface area contributed by atoms with Crippen LogP contribution in [0.4, 0.5) is 5.69 Å². The lowest BCUT2D eigenvalue weighted by Gasteiger charge is -2.36. The standard InChI is InChI=1S/C17H19Cl2N5O3/c1-26-17(25)12-2-3-15(20-11-12)27-9-8-23-4-6-24(7-5-23)13-10-14(18)21-22-16(13)19/h2-3,10-11H,4-9H2,1H3. The van der Waals surface area contributed by atoms with Gasteiger partial charge in [-0.05, 0) is 6.07 Å². The maximum atomic E-state index is 11.4. The van der Waals surface area contributed by atoms with Gasteiger partial charge >= 0.3 is 5.97 Å². The van der Waals surface area contributed by atoms with Gasteiger partial charge in [-0.1, -0.05) is 23.2 Å². The van der Waals surface area contributed by atoms with Gasteiger partial charge in [0, 0.05) is 51.1 Å². The highest BCUT2D eigenvalue weighted by Crippen LogP contribution is 2.26. The molecule has 2 aromatic rings. The Labute approximate surface area is 167 Å². The molecule has 0 aliphatic carbocycles. The van der Waals surface area contributed by atoms with Crippen LogP contribution in [0.5, 0.6) is 5.88 Å². The maximum absolute atomic E-state index is 11.4. The summed E-state index contributed by atoms with van der Waals surface area (Å²) in [4.78, 5) is 19.9. The number of anilines is 1. The Kier molecular flexibility index (Phi) is 6.65. The molecule has 0 unspecified atom stereocenters. The molecule has 1 aliphatic rings. The van der Waals surface area contributed by atoms with Crippen LogP contribution in [0.2, 0.25) is 10.3 Å². The Morgan fingerprint density at radius 1 is 1.19 bits per heavy atom. The third-order valence-corrected chi connectivity index (χ3v) is 4.68. The van der Waals surface area contributed by atoms with Crippen LogP contribution in [0.15, 0.2) is 24.4 Å². The van der Waals surface area contributed by atoms with E-state index >= 15 is 0 Å². The maximum Gasteiger partial charge on any atom is 0.339 e. The summed E-state index contributed by atoms with van der Waals surface area (Å²) in [5.41, 5.74) is 1.20. The molecule has 0 radical (unpaired) electrons. The quantitative estimate of drug-likeness (QED) is 0.668. The molecule has 1 saturated heterocycles. The van der Waals surface area contributed by atoms with E-state index in [0.717, 1.165) is 38.4 Å². The molecular formula is C17H19Cl2N5O3. The van der Waals surface area contributed by atoms with Crippen molar-refractivity contribution < 1.29 is 14.3 Å². The highest BCUT2D eigenvalue weighted by molar-refractivity contribution is 6.33. The molecule has 2 aromatic heterocycles. The van der Waals surface area contributed by atoms with Crippen molar-refractivity contribution in [3.05, 3.63) is 40.3 Å². The van der Waals surface area contributed by atoms with Crippen molar-refractivity contribution in [1.82, 2.24) is 20.1 Å². The fraction of sp³-hybridized carbons (Fsp3) is 0.412. The first-order chi connectivity index (χ1) is 13.1. The lowest BCUT2D eigenvalue weighted by molar-refractivity contribution is 0.0600. The van der Waals surface area contributed by atoms with Crippen LogP contribution in [0.1, 0.15) is 10.4 Å². The van der Waals surface area contributed by atoms with Gasteiger partial charge < -0.3 is 14.4 Å². The summed E-state index contributed by atoms with van der Waals surface area (Å²) < 4.78 is 10.3. The van der Waals surface area contributed by atoms with E-state index in [1.165, 1.54) is 13.3 Å². The summed E-state index contributed by atoms with van der Waals surface area (Å²) in [5.74, 6) is 0.0586. The summed E-state index contributed by atoms with van der Waals surface area (Å²) in [5, 5.41) is 8.28. The van der Waals surface area contributed by atoms with Crippen LogP contribution in [0.25, 0.3) is 0 Å². The number of pyridine rings is 1. The second kappa shape index (κ2) is 9.16. The van der Waals surface area contributed by atoms with Gasteiger partial charge in [0.15, 0.2) is 10.3 Å². The number of esters is 1. The Balaban J connectivity index is 1.43. The number of piperazine rings is 1. The minimum atomic E-state index is -0.419. The first-order valence-corrected chi connectivity index (χ1v) is 9.15. The van der Waals surface area contributed by atoms with E-state index < -0.39 is 5.97 Å². The molecule has 27 heavy (non-hydrogen) atoms. The van der Waals surface area contributed by atoms with Gasteiger partial charge in [-0.2, -0.15) is 0 Å². The third kappa shape index (κ3) is 5.18. The molecule has 144 valence electrons. The van der Waals surface area contributed by atoms with Crippen molar-refractivity contribution >= 4 is 34.9 Å². The van der Waals surface area contributed by atoms with Crippen LogP contribution < -0.4 is 9.64 Å². The Morgan fingerprint density at radius 3 is 2.63 bits per heavy atom. The zero-order chi connectivity index (χ0) is 19.2. The lowest BCUT2D eigenvalue weighted by Crippen LogP contribution is -2.47. The highest BCUT2D eigenvalue weighted by atomic mass is 35.5. The van der Waals surface area contributed by atoms with E-state index in [0.29, 0.717) is 28.4 Å². The number of halogens is 2. The second-order valence-electron chi connectivity index (χ2n) is 5.90. The molecule has 0 amide bonds. The molecule has 10 heteroatoms. The number of carbonyl (C=O) groups excluding carboxylic acids is 1. The van der Waals surface area contributed by atoms with Crippen molar-refractivity contribution in [3.8, 4) is 5.88 Å². The van der Waals surface area contributed by atoms with Gasteiger partial charge in [0.2, 0.25) is 5.88 Å². The minimum Gasteiger partial charge on any atom is -0.476 e. The van der Waals surface area contributed by atoms with Crippen molar-refractivity contribution in [3.63, 3.8) is 0 Å². The summed E-state index contributed by atoms with van der Waals surface area (Å²) in [6, 6.07) is 5.02. The summed E-state index contributed by atoms with van der Waals surface area (Å²) in [6.07, 6.45) is 1.44. The van der Waals surface area contributed by atoms with Gasteiger partial charge in [-0.15, -0.1) is 10.2 Å². The van der Waals surface area contributed by atoms with Crippen molar-refractivity contribution in [2.75, 3.05) is 51.3 Å². The molecule has 0 bridgehead atoms. The molecule has 0 saturated carbocycles. The lowest BCUT2D eigenvalue weighted by atomic mass is 10.3. The number of hydrogen-bond donors (Lipinski definition) is 0. The fourth-order valence-electron chi connectivity index (χ4n) is 2.76. The van der Waals surface area contributed by atoms with E-state index in [2.05, 4.69) is 29.7 Å². The van der Waals surface area contributed by atoms with Gasteiger partial charge in [-0.3, -0.25) is 4.90 Å². The summed E-state index contributed by atoms with van der Waals surface area (Å²) >= 11 is 12.0. The van der Waals surface area contributed by atoms with Crippen LogP contribution >= 0.6 is 23.2 Å².